The summed E-state index contributed by atoms with van der Waals surface area (Å²) >= 11 is 0. The second-order valence-corrected chi connectivity index (χ2v) is 4.60. The third kappa shape index (κ3) is 1.81. The number of aromatic nitrogens is 3. The Balaban J connectivity index is 2.25. The van der Waals surface area contributed by atoms with Gasteiger partial charge in [-0.3, -0.25) is 4.79 Å². The lowest BCUT2D eigenvalue weighted by Crippen LogP contribution is -2.19. The van der Waals surface area contributed by atoms with Crippen LogP contribution in [0.2, 0.25) is 0 Å². The molecule has 1 aliphatic rings. The Morgan fingerprint density at radius 3 is 2.88 bits per heavy atom. The van der Waals surface area contributed by atoms with E-state index in [1.54, 1.807) is 6.33 Å². The summed E-state index contributed by atoms with van der Waals surface area (Å²) < 4.78 is 1.83. The van der Waals surface area contributed by atoms with Crippen LogP contribution < -0.4 is 0 Å². The van der Waals surface area contributed by atoms with E-state index in [1.807, 2.05) is 11.6 Å². The van der Waals surface area contributed by atoms with Crippen LogP contribution in [0.4, 0.5) is 0 Å². The van der Waals surface area contributed by atoms with Gasteiger partial charge in [-0.25, -0.2) is 0 Å². The molecule has 0 radical (unpaired) electrons. The zero-order valence-corrected chi connectivity index (χ0v) is 9.63. The van der Waals surface area contributed by atoms with Crippen molar-refractivity contribution >= 4 is 5.97 Å². The minimum Gasteiger partial charge on any atom is -0.481 e. The van der Waals surface area contributed by atoms with E-state index in [2.05, 4.69) is 17.1 Å². The Labute approximate surface area is 94.5 Å². The molecule has 5 heteroatoms. The molecular weight excluding hydrogens is 206 g/mol. The summed E-state index contributed by atoms with van der Waals surface area (Å²) in [5.41, 5.74) is 0. The predicted octanol–water partition coefficient (Wildman–Crippen LogP) is 1.42. The van der Waals surface area contributed by atoms with Gasteiger partial charge in [0, 0.05) is 13.0 Å². The molecule has 0 saturated heterocycles. The Kier molecular flexibility index (Phi) is 2.94. The van der Waals surface area contributed by atoms with Gasteiger partial charge in [0.25, 0.3) is 0 Å². The normalized spacial score (nSPS) is 29.5. The third-order valence-corrected chi connectivity index (χ3v) is 3.63. The molecule has 0 amide bonds. The van der Waals surface area contributed by atoms with Gasteiger partial charge in [-0.2, -0.15) is 0 Å². The fourth-order valence-corrected chi connectivity index (χ4v) is 2.66. The second kappa shape index (κ2) is 4.23. The molecule has 3 atom stereocenters. The van der Waals surface area contributed by atoms with Crippen LogP contribution >= 0.6 is 0 Å². The van der Waals surface area contributed by atoms with Gasteiger partial charge in [0.2, 0.25) is 0 Å². The molecule has 1 aliphatic carbocycles. The summed E-state index contributed by atoms with van der Waals surface area (Å²) in [6.45, 7) is 2.11. The lowest BCUT2D eigenvalue weighted by atomic mass is 9.95. The quantitative estimate of drug-likeness (QED) is 0.841. The number of hydrogen-bond donors (Lipinski definition) is 1. The molecular formula is C11H17N3O2. The van der Waals surface area contributed by atoms with Crippen molar-refractivity contribution in [1.29, 1.82) is 0 Å². The number of nitrogens with zero attached hydrogens (tertiary/aromatic N) is 3. The Morgan fingerprint density at radius 2 is 2.38 bits per heavy atom. The topological polar surface area (TPSA) is 68.0 Å². The second-order valence-electron chi connectivity index (χ2n) is 4.60. The maximum atomic E-state index is 11.2. The number of aryl methyl sites for hydroxylation is 1. The van der Waals surface area contributed by atoms with Crippen molar-refractivity contribution in [3.05, 3.63) is 12.2 Å². The number of carbonyl (C=O) groups is 1. The highest BCUT2D eigenvalue weighted by atomic mass is 16.4. The first-order valence-corrected chi connectivity index (χ1v) is 5.70. The fraction of sp³-hybridized carbons (Fsp3) is 0.727. The van der Waals surface area contributed by atoms with Gasteiger partial charge in [0.1, 0.15) is 12.2 Å². The molecule has 0 spiro atoms. The Bertz CT molecular complexity index is 388. The summed E-state index contributed by atoms with van der Waals surface area (Å²) in [5.74, 6) is 0.331. The Hall–Kier alpha value is -1.39. The number of rotatable bonds is 3. The summed E-state index contributed by atoms with van der Waals surface area (Å²) in [4.78, 5) is 11.2. The van der Waals surface area contributed by atoms with Crippen molar-refractivity contribution < 1.29 is 9.90 Å². The zero-order valence-electron chi connectivity index (χ0n) is 9.63. The highest BCUT2D eigenvalue weighted by Crippen LogP contribution is 2.43. The zero-order chi connectivity index (χ0) is 11.7. The molecule has 1 N–H and O–H groups in total. The van der Waals surface area contributed by atoms with Crippen LogP contribution in [0.1, 0.15) is 37.9 Å². The van der Waals surface area contributed by atoms with Crippen LogP contribution in [0, 0.1) is 11.8 Å². The molecule has 1 heterocycles. The molecule has 0 aromatic carbocycles. The SMILES string of the molecule is CCC1CC(C(=O)O)C(c2nncn2C)C1. The van der Waals surface area contributed by atoms with E-state index >= 15 is 0 Å². The largest absolute Gasteiger partial charge is 0.481 e. The number of aliphatic carboxylic acids is 1. The molecule has 1 aromatic rings. The third-order valence-electron chi connectivity index (χ3n) is 3.63. The van der Waals surface area contributed by atoms with Crippen LogP contribution in [-0.4, -0.2) is 25.8 Å². The molecule has 2 rings (SSSR count). The summed E-state index contributed by atoms with van der Waals surface area (Å²) in [7, 11) is 1.87. The first-order valence-electron chi connectivity index (χ1n) is 5.70. The van der Waals surface area contributed by atoms with E-state index in [0.29, 0.717) is 5.92 Å². The van der Waals surface area contributed by atoms with Crippen LogP contribution in [0.25, 0.3) is 0 Å². The van der Waals surface area contributed by atoms with Gasteiger partial charge in [-0.15, -0.1) is 10.2 Å². The minimum absolute atomic E-state index is 0.0231. The summed E-state index contributed by atoms with van der Waals surface area (Å²) in [5, 5.41) is 17.1. The van der Waals surface area contributed by atoms with E-state index in [1.165, 1.54) is 0 Å². The predicted molar refractivity (Wildman–Crippen MR) is 57.9 cm³/mol. The van der Waals surface area contributed by atoms with Gasteiger partial charge in [-0.05, 0) is 18.8 Å². The van der Waals surface area contributed by atoms with Gasteiger partial charge >= 0.3 is 5.97 Å². The molecule has 1 saturated carbocycles. The number of hydrogen-bond acceptors (Lipinski definition) is 3. The molecule has 88 valence electrons. The smallest absolute Gasteiger partial charge is 0.307 e. The van der Waals surface area contributed by atoms with E-state index in [0.717, 1.165) is 25.1 Å². The van der Waals surface area contributed by atoms with Crippen molar-refractivity contribution in [3.63, 3.8) is 0 Å². The summed E-state index contributed by atoms with van der Waals surface area (Å²) in [6.07, 6.45) is 4.36. The molecule has 1 fully saturated rings. The minimum atomic E-state index is -0.705. The van der Waals surface area contributed by atoms with Gasteiger partial charge in [-0.1, -0.05) is 13.3 Å². The van der Waals surface area contributed by atoms with Crippen LogP contribution in [0.5, 0.6) is 0 Å². The summed E-state index contributed by atoms with van der Waals surface area (Å²) in [6, 6.07) is 0. The molecule has 5 nitrogen and oxygen atoms in total. The van der Waals surface area contributed by atoms with Crippen molar-refractivity contribution in [3.8, 4) is 0 Å². The molecule has 16 heavy (non-hydrogen) atoms. The molecule has 1 aromatic heterocycles. The number of carboxylic acid groups (broad SMARTS) is 1. The number of carboxylic acids is 1. The average molecular weight is 223 g/mol. The standard InChI is InChI=1S/C11H17N3O2/c1-3-7-4-8(9(5-7)11(15)16)10-13-12-6-14(10)2/h6-9H,3-5H2,1-2H3,(H,15,16). The monoisotopic (exact) mass is 223 g/mol. The van der Waals surface area contributed by atoms with Gasteiger partial charge in [0.15, 0.2) is 0 Å². The van der Waals surface area contributed by atoms with Crippen molar-refractivity contribution in [2.24, 2.45) is 18.9 Å². The highest BCUT2D eigenvalue weighted by molar-refractivity contribution is 5.71. The van der Waals surface area contributed by atoms with E-state index < -0.39 is 5.97 Å². The molecule has 0 bridgehead atoms. The first-order chi connectivity index (χ1) is 7.63. The van der Waals surface area contributed by atoms with Crippen molar-refractivity contribution in [1.82, 2.24) is 14.8 Å². The lowest BCUT2D eigenvalue weighted by molar-refractivity contribution is -0.142. The molecule has 0 aliphatic heterocycles. The average Bonchev–Trinajstić information content (AvgIpc) is 2.82. The molecule has 3 unspecified atom stereocenters. The first kappa shape index (κ1) is 11.1. The Morgan fingerprint density at radius 1 is 1.62 bits per heavy atom. The maximum absolute atomic E-state index is 11.2. The van der Waals surface area contributed by atoms with Gasteiger partial charge in [0.05, 0.1) is 5.92 Å². The highest BCUT2D eigenvalue weighted by Gasteiger charge is 2.40. The van der Waals surface area contributed by atoms with Gasteiger partial charge < -0.3 is 9.67 Å². The van der Waals surface area contributed by atoms with Crippen LogP contribution in [0.15, 0.2) is 6.33 Å². The van der Waals surface area contributed by atoms with E-state index in [4.69, 9.17) is 0 Å². The lowest BCUT2D eigenvalue weighted by Gasteiger charge is -2.13. The van der Waals surface area contributed by atoms with Crippen LogP contribution in [-0.2, 0) is 11.8 Å². The fourth-order valence-electron chi connectivity index (χ4n) is 2.66. The van der Waals surface area contributed by atoms with Crippen LogP contribution in [0.3, 0.4) is 0 Å². The van der Waals surface area contributed by atoms with E-state index in [9.17, 15) is 9.90 Å². The van der Waals surface area contributed by atoms with E-state index in [-0.39, 0.29) is 11.8 Å². The van der Waals surface area contributed by atoms with Crippen molar-refractivity contribution in [2.75, 3.05) is 0 Å². The maximum Gasteiger partial charge on any atom is 0.307 e. The van der Waals surface area contributed by atoms with Crippen molar-refractivity contribution in [2.45, 2.75) is 32.1 Å².